The summed E-state index contributed by atoms with van der Waals surface area (Å²) in [6.45, 7) is 5.96. The molecule has 0 bridgehead atoms. The second kappa shape index (κ2) is 7.42. The molecule has 25 heavy (non-hydrogen) atoms. The Balaban J connectivity index is 1.94. The quantitative estimate of drug-likeness (QED) is 0.548. The molecule has 2 aromatic carbocycles. The maximum atomic E-state index is 12.9. The molecule has 5 heteroatoms. The first-order chi connectivity index (χ1) is 12.0. The van der Waals surface area contributed by atoms with Gasteiger partial charge in [0, 0.05) is 5.56 Å². The average molecular weight is 370 g/mol. The minimum atomic E-state index is -0.0973. The van der Waals surface area contributed by atoms with Gasteiger partial charge in [-0.1, -0.05) is 54.3 Å². The van der Waals surface area contributed by atoms with E-state index in [0.717, 1.165) is 22.6 Å². The molecule has 3 rings (SSSR count). The van der Waals surface area contributed by atoms with Crippen LogP contribution < -0.4 is 9.64 Å². The van der Waals surface area contributed by atoms with E-state index in [1.807, 2.05) is 75.4 Å². The van der Waals surface area contributed by atoms with E-state index in [9.17, 15) is 4.79 Å². The third kappa shape index (κ3) is 3.94. The van der Waals surface area contributed by atoms with E-state index < -0.39 is 0 Å². The maximum Gasteiger partial charge on any atom is 0.270 e. The number of ether oxygens (including phenoxy) is 1. The molecule has 1 aliphatic heterocycles. The van der Waals surface area contributed by atoms with Gasteiger partial charge in [-0.3, -0.25) is 9.69 Å². The van der Waals surface area contributed by atoms with E-state index in [4.69, 9.17) is 17.0 Å². The largest absolute Gasteiger partial charge is 0.490 e. The number of benzene rings is 2. The lowest BCUT2D eigenvalue weighted by atomic mass is 10.1. The summed E-state index contributed by atoms with van der Waals surface area (Å²) in [7, 11) is 0. The van der Waals surface area contributed by atoms with Gasteiger partial charge in [-0.15, -0.1) is 0 Å². The SMILES string of the molecule is Cc1cccc(N2C(=O)/C(=C\c3ccccc3OC(C)C)SC2=S)c1. The molecule has 1 fully saturated rings. The zero-order chi connectivity index (χ0) is 18.0. The number of amides is 1. The number of rotatable bonds is 4. The molecule has 0 atom stereocenters. The number of hydrogen-bond donors (Lipinski definition) is 0. The predicted molar refractivity (Wildman–Crippen MR) is 109 cm³/mol. The molecular weight excluding hydrogens is 350 g/mol. The third-order valence-electron chi connectivity index (χ3n) is 3.62. The number of nitrogens with zero attached hydrogens (tertiary/aromatic N) is 1. The van der Waals surface area contributed by atoms with Crippen LogP contribution in [-0.4, -0.2) is 16.3 Å². The summed E-state index contributed by atoms with van der Waals surface area (Å²) >= 11 is 6.75. The maximum absolute atomic E-state index is 12.9. The fourth-order valence-corrected chi connectivity index (χ4v) is 3.85. The minimum Gasteiger partial charge on any atom is -0.490 e. The van der Waals surface area contributed by atoms with Crippen molar-refractivity contribution in [1.29, 1.82) is 0 Å². The molecule has 128 valence electrons. The second-order valence-corrected chi connectivity index (χ2v) is 7.74. The Hall–Kier alpha value is -2.11. The van der Waals surface area contributed by atoms with Crippen molar-refractivity contribution in [3.63, 3.8) is 0 Å². The van der Waals surface area contributed by atoms with Gasteiger partial charge in [-0.25, -0.2) is 0 Å². The van der Waals surface area contributed by atoms with Crippen LogP contribution in [0.2, 0.25) is 0 Å². The molecular formula is C20H19NO2S2. The highest BCUT2D eigenvalue weighted by Gasteiger charge is 2.33. The number of para-hydroxylation sites is 1. The van der Waals surface area contributed by atoms with E-state index in [-0.39, 0.29) is 12.0 Å². The van der Waals surface area contributed by atoms with Crippen molar-refractivity contribution >= 4 is 46.0 Å². The van der Waals surface area contributed by atoms with Crippen molar-refractivity contribution in [2.75, 3.05) is 4.90 Å². The smallest absolute Gasteiger partial charge is 0.270 e. The average Bonchev–Trinajstić information content (AvgIpc) is 2.83. The molecule has 3 nitrogen and oxygen atoms in total. The van der Waals surface area contributed by atoms with Crippen LogP contribution in [0, 0.1) is 6.92 Å². The zero-order valence-corrected chi connectivity index (χ0v) is 16.0. The summed E-state index contributed by atoms with van der Waals surface area (Å²) in [4.78, 5) is 15.1. The van der Waals surface area contributed by atoms with Crippen molar-refractivity contribution in [1.82, 2.24) is 0 Å². The molecule has 1 heterocycles. The van der Waals surface area contributed by atoms with E-state index >= 15 is 0 Å². The van der Waals surface area contributed by atoms with Gasteiger partial charge in [0.1, 0.15) is 5.75 Å². The van der Waals surface area contributed by atoms with E-state index in [1.165, 1.54) is 11.8 Å². The highest BCUT2D eigenvalue weighted by Crippen LogP contribution is 2.37. The summed E-state index contributed by atoms with van der Waals surface area (Å²) in [6, 6.07) is 15.5. The molecule has 1 amide bonds. The fourth-order valence-electron chi connectivity index (χ4n) is 2.56. The summed E-state index contributed by atoms with van der Waals surface area (Å²) in [5.74, 6) is 0.665. The fraction of sp³-hybridized carbons (Fsp3) is 0.200. The number of thioether (sulfide) groups is 1. The van der Waals surface area contributed by atoms with Gasteiger partial charge < -0.3 is 4.74 Å². The lowest BCUT2D eigenvalue weighted by Gasteiger charge is -2.15. The molecule has 1 saturated heterocycles. The Labute approximate surface area is 157 Å². The summed E-state index contributed by atoms with van der Waals surface area (Å²) < 4.78 is 6.38. The Morgan fingerprint density at radius 3 is 2.64 bits per heavy atom. The van der Waals surface area contributed by atoms with Gasteiger partial charge in [-0.05, 0) is 50.6 Å². The Morgan fingerprint density at radius 1 is 1.16 bits per heavy atom. The van der Waals surface area contributed by atoms with E-state index in [1.54, 1.807) is 4.90 Å². The molecule has 0 spiro atoms. The van der Waals surface area contributed by atoms with Gasteiger partial charge in [0.25, 0.3) is 5.91 Å². The lowest BCUT2D eigenvalue weighted by Crippen LogP contribution is -2.27. The predicted octanol–water partition coefficient (Wildman–Crippen LogP) is 5.19. The first-order valence-corrected chi connectivity index (χ1v) is 9.28. The molecule has 0 unspecified atom stereocenters. The van der Waals surface area contributed by atoms with Crippen molar-refractivity contribution in [3.05, 3.63) is 64.6 Å². The molecule has 0 aromatic heterocycles. The molecule has 0 radical (unpaired) electrons. The Morgan fingerprint density at radius 2 is 1.92 bits per heavy atom. The lowest BCUT2D eigenvalue weighted by molar-refractivity contribution is -0.113. The Bertz CT molecular complexity index is 858. The van der Waals surface area contributed by atoms with Gasteiger partial charge in [0.2, 0.25) is 0 Å². The van der Waals surface area contributed by atoms with E-state index in [0.29, 0.717) is 9.23 Å². The molecule has 0 aliphatic carbocycles. The van der Waals surface area contributed by atoms with Gasteiger partial charge in [0.15, 0.2) is 4.32 Å². The number of carbonyl (C=O) groups is 1. The van der Waals surface area contributed by atoms with Crippen LogP contribution in [0.15, 0.2) is 53.4 Å². The summed E-state index contributed by atoms with van der Waals surface area (Å²) in [5, 5.41) is 0. The summed E-state index contributed by atoms with van der Waals surface area (Å²) in [5.41, 5.74) is 2.77. The minimum absolute atomic E-state index is 0.0661. The second-order valence-electron chi connectivity index (χ2n) is 6.06. The molecule has 2 aromatic rings. The number of hydrogen-bond acceptors (Lipinski definition) is 4. The van der Waals surface area contributed by atoms with E-state index in [2.05, 4.69) is 0 Å². The van der Waals surface area contributed by atoms with Gasteiger partial charge >= 0.3 is 0 Å². The Kier molecular flexibility index (Phi) is 5.25. The molecule has 1 aliphatic rings. The monoisotopic (exact) mass is 369 g/mol. The van der Waals surface area contributed by atoms with Gasteiger partial charge in [0.05, 0.1) is 16.7 Å². The normalized spacial score (nSPS) is 16.2. The van der Waals surface area contributed by atoms with Crippen LogP contribution in [0.4, 0.5) is 5.69 Å². The number of thiocarbonyl (C=S) groups is 1. The zero-order valence-electron chi connectivity index (χ0n) is 14.4. The van der Waals surface area contributed by atoms with Crippen molar-refractivity contribution in [2.24, 2.45) is 0 Å². The van der Waals surface area contributed by atoms with Crippen molar-refractivity contribution in [3.8, 4) is 5.75 Å². The third-order valence-corrected chi connectivity index (χ3v) is 4.92. The summed E-state index contributed by atoms with van der Waals surface area (Å²) in [6.07, 6.45) is 1.92. The molecule has 0 saturated carbocycles. The standard InChI is InChI=1S/C20H19NO2S2/c1-13(2)23-17-10-5-4-8-15(17)12-18-19(22)21(20(24)25-18)16-9-6-7-14(3)11-16/h4-13H,1-3H3/b18-12+. The first-order valence-electron chi connectivity index (χ1n) is 8.06. The first kappa shape index (κ1) is 17.7. The van der Waals surface area contributed by atoms with Gasteiger partial charge in [-0.2, -0.15) is 0 Å². The number of anilines is 1. The van der Waals surface area contributed by atoms with Crippen LogP contribution >= 0.6 is 24.0 Å². The highest BCUT2D eigenvalue weighted by molar-refractivity contribution is 8.27. The number of aryl methyl sites for hydroxylation is 1. The molecule has 0 N–H and O–H groups in total. The van der Waals surface area contributed by atoms with Crippen molar-refractivity contribution in [2.45, 2.75) is 26.9 Å². The van der Waals surface area contributed by atoms with Crippen LogP contribution in [-0.2, 0) is 4.79 Å². The topological polar surface area (TPSA) is 29.5 Å². The van der Waals surface area contributed by atoms with Crippen molar-refractivity contribution < 1.29 is 9.53 Å². The number of carbonyl (C=O) groups excluding carboxylic acids is 1. The van der Waals surface area contributed by atoms with Crippen LogP contribution in [0.5, 0.6) is 5.75 Å². The van der Waals surface area contributed by atoms with Crippen LogP contribution in [0.3, 0.4) is 0 Å². The van der Waals surface area contributed by atoms with Crippen LogP contribution in [0.1, 0.15) is 25.0 Å². The van der Waals surface area contributed by atoms with Crippen LogP contribution in [0.25, 0.3) is 6.08 Å². The highest BCUT2D eigenvalue weighted by atomic mass is 32.2.